The van der Waals surface area contributed by atoms with Crippen molar-refractivity contribution in [3.63, 3.8) is 0 Å². The van der Waals surface area contributed by atoms with E-state index in [9.17, 15) is 19.2 Å². The molecule has 2 heterocycles. The second-order valence-electron chi connectivity index (χ2n) is 9.83. The van der Waals surface area contributed by atoms with Gasteiger partial charge in [-0.3, -0.25) is 9.69 Å². The van der Waals surface area contributed by atoms with Crippen molar-refractivity contribution in [2.75, 3.05) is 6.54 Å². The zero-order chi connectivity index (χ0) is 23.3. The SMILES string of the molecule is CCc1cc(=O)oc2cc(OC(=O)CN3C(=O)N[C@]4(C[C@@H](C)CC(C)(C)C4)C3=O)ccc12. The molecule has 1 spiro atoms. The minimum atomic E-state index is -0.971. The van der Waals surface area contributed by atoms with Crippen LogP contribution in [0.3, 0.4) is 0 Å². The van der Waals surface area contributed by atoms with Gasteiger partial charge in [0.25, 0.3) is 5.91 Å². The summed E-state index contributed by atoms with van der Waals surface area (Å²) in [7, 11) is 0. The lowest BCUT2D eigenvalue weighted by atomic mass is 9.64. The van der Waals surface area contributed by atoms with Gasteiger partial charge in [-0.25, -0.2) is 14.4 Å². The molecule has 2 fully saturated rings. The van der Waals surface area contributed by atoms with Crippen molar-refractivity contribution in [2.24, 2.45) is 11.3 Å². The Bertz CT molecular complexity index is 1170. The summed E-state index contributed by atoms with van der Waals surface area (Å²) >= 11 is 0. The van der Waals surface area contributed by atoms with Gasteiger partial charge in [0.2, 0.25) is 0 Å². The van der Waals surface area contributed by atoms with Gasteiger partial charge in [-0.1, -0.05) is 27.7 Å². The van der Waals surface area contributed by atoms with Crippen LogP contribution >= 0.6 is 0 Å². The molecule has 0 bridgehead atoms. The number of amides is 3. The number of carbonyl (C=O) groups excluding carboxylic acids is 3. The predicted octanol–water partition coefficient (Wildman–Crippen LogP) is 3.40. The molecule has 2 aliphatic rings. The van der Waals surface area contributed by atoms with Crippen LogP contribution in [0.2, 0.25) is 0 Å². The molecular formula is C24H28N2O6. The molecule has 3 amide bonds. The van der Waals surface area contributed by atoms with E-state index in [4.69, 9.17) is 9.15 Å². The van der Waals surface area contributed by atoms with E-state index in [2.05, 4.69) is 26.1 Å². The Morgan fingerprint density at radius 3 is 2.66 bits per heavy atom. The van der Waals surface area contributed by atoms with E-state index in [0.29, 0.717) is 24.8 Å². The van der Waals surface area contributed by atoms with Crippen LogP contribution in [0.5, 0.6) is 5.75 Å². The zero-order valence-electron chi connectivity index (χ0n) is 18.8. The monoisotopic (exact) mass is 440 g/mol. The number of esters is 1. The molecule has 1 saturated heterocycles. The zero-order valence-corrected chi connectivity index (χ0v) is 18.8. The predicted molar refractivity (Wildman–Crippen MR) is 117 cm³/mol. The van der Waals surface area contributed by atoms with Gasteiger partial charge >= 0.3 is 17.6 Å². The maximum atomic E-state index is 13.2. The molecule has 1 aromatic carbocycles. The number of fused-ring (bicyclic) bond motifs is 1. The quantitative estimate of drug-likeness (QED) is 0.338. The highest BCUT2D eigenvalue weighted by Crippen LogP contribution is 2.46. The highest BCUT2D eigenvalue weighted by Gasteiger charge is 2.56. The molecule has 8 heteroatoms. The Hall–Kier alpha value is -3.16. The van der Waals surface area contributed by atoms with E-state index < -0.39 is 29.7 Å². The fourth-order valence-corrected chi connectivity index (χ4v) is 5.51. The lowest BCUT2D eigenvalue weighted by Gasteiger charge is -2.43. The van der Waals surface area contributed by atoms with Gasteiger partial charge in [0.1, 0.15) is 23.4 Å². The second-order valence-corrected chi connectivity index (χ2v) is 9.83. The Balaban J connectivity index is 1.50. The van der Waals surface area contributed by atoms with E-state index in [0.717, 1.165) is 22.3 Å². The van der Waals surface area contributed by atoms with Crippen LogP contribution in [-0.2, 0) is 16.0 Å². The summed E-state index contributed by atoms with van der Waals surface area (Å²) in [5, 5.41) is 3.61. The summed E-state index contributed by atoms with van der Waals surface area (Å²) in [5.74, 6) is -0.679. The first-order chi connectivity index (χ1) is 15.0. The summed E-state index contributed by atoms with van der Waals surface area (Å²) in [6.45, 7) is 7.69. The van der Waals surface area contributed by atoms with Crippen LogP contribution < -0.4 is 15.7 Å². The first-order valence-electron chi connectivity index (χ1n) is 10.9. The smallest absolute Gasteiger partial charge is 0.336 e. The normalized spacial score (nSPS) is 24.8. The third-order valence-electron chi connectivity index (χ3n) is 6.33. The van der Waals surface area contributed by atoms with Gasteiger partial charge in [0.05, 0.1) is 0 Å². The van der Waals surface area contributed by atoms with Gasteiger partial charge in [-0.2, -0.15) is 0 Å². The number of hydrogen-bond acceptors (Lipinski definition) is 6. The Morgan fingerprint density at radius 2 is 1.97 bits per heavy atom. The first-order valence-corrected chi connectivity index (χ1v) is 10.9. The summed E-state index contributed by atoms with van der Waals surface area (Å²) in [6, 6.07) is 5.64. The molecule has 1 N–H and O–H groups in total. The number of benzene rings is 1. The molecule has 32 heavy (non-hydrogen) atoms. The minimum Gasteiger partial charge on any atom is -0.425 e. The van der Waals surface area contributed by atoms with Crippen LogP contribution in [0, 0.1) is 11.3 Å². The van der Waals surface area contributed by atoms with Crippen molar-refractivity contribution < 1.29 is 23.5 Å². The standard InChI is InChI=1S/C24H28N2O6/c1-5-15-8-19(27)32-18-9-16(6-7-17(15)18)31-20(28)12-26-21(29)24(25-22(26)30)11-14(2)10-23(3,4)13-24/h6-9,14H,5,10-13H2,1-4H3,(H,25,30)/t14-,24-/m0/s1. The van der Waals surface area contributed by atoms with Crippen LogP contribution in [0.1, 0.15) is 52.5 Å². The van der Waals surface area contributed by atoms with Crippen LogP contribution in [-0.4, -0.2) is 34.9 Å². The van der Waals surface area contributed by atoms with Crippen LogP contribution in [0.15, 0.2) is 33.5 Å². The van der Waals surface area contributed by atoms with Crippen molar-refractivity contribution >= 4 is 28.9 Å². The van der Waals surface area contributed by atoms with Crippen molar-refractivity contribution in [1.29, 1.82) is 0 Å². The van der Waals surface area contributed by atoms with Crippen molar-refractivity contribution in [1.82, 2.24) is 10.2 Å². The summed E-state index contributed by atoms with van der Waals surface area (Å²) in [4.78, 5) is 51.0. The average molecular weight is 440 g/mol. The summed E-state index contributed by atoms with van der Waals surface area (Å²) < 4.78 is 10.6. The number of carbonyl (C=O) groups is 3. The van der Waals surface area contributed by atoms with Crippen molar-refractivity contribution in [3.8, 4) is 5.75 Å². The molecule has 8 nitrogen and oxygen atoms in total. The number of hydrogen-bond donors (Lipinski definition) is 1. The minimum absolute atomic E-state index is 0.0938. The van der Waals surface area contributed by atoms with E-state index in [1.807, 2.05) is 6.92 Å². The fourth-order valence-electron chi connectivity index (χ4n) is 5.51. The molecule has 1 aliphatic heterocycles. The molecule has 1 aromatic heterocycles. The van der Waals surface area contributed by atoms with Gasteiger partial charge in [-0.05, 0) is 54.7 Å². The third kappa shape index (κ3) is 4.01. The van der Waals surface area contributed by atoms with Crippen LogP contribution in [0.4, 0.5) is 4.79 Å². The van der Waals surface area contributed by atoms with Gasteiger partial charge in [-0.15, -0.1) is 0 Å². The largest absolute Gasteiger partial charge is 0.425 e. The molecule has 4 rings (SSSR count). The number of rotatable bonds is 4. The highest BCUT2D eigenvalue weighted by molar-refractivity contribution is 6.09. The van der Waals surface area contributed by atoms with Gasteiger partial charge in [0.15, 0.2) is 0 Å². The van der Waals surface area contributed by atoms with Crippen molar-refractivity contribution in [3.05, 3.63) is 40.2 Å². The number of ether oxygens (including phenoxy) is 1. The molecule has 1 aliphatic carbocycles. The van der Waals surface area contributed by atoms with E-state index >= 15 is 0 Å². The summed E-state index contributed by atoms with van der Waals surface area (Å²) in [6.07, 6.45) is 2.71. The molecule has 1 saturated carbocycles. The van der Waals surface area contributed by atoms with Gasteiger partial charge in [0, 0.05) is 17.5 Å². The maximum absolute atomic E-state index is 13.2. The Morgan fingerprint density at radius 1 is 1.22 bits per heavy atom. The summed E-state index contributed by atoms with van der Waals surface area (Å²) in [5.41, 5.74) is -0.396. The Labute approximate surface area is 185 Å². The van der Waals surface area contributed by atoms with Gasteiger partial charge < -0.3 is 14.5 Å². The van der Waals surface area contributed by atoms with E-state index in [-0.39, 0.29) is 23.0 Å². The lowest BCUT2D eigenvalue weighted by Crippen LogP contribution is -2.54. The topological polar surface area (TPSA) is 106 Å². The Kier molecular flexibility index (Phi) is 5.35. The maximum Gasteiger partial charge on any atom is 0.336 e. The number of aryl methyl sites for hydroxylation is 1. The molecular weight excluding hydrogens is 412 g/mol. The molecule has 2 atom stereocenters. The highest BCUT2D eigenvalue weighted by atomic mass is 16.5. The molecule has 170 valence electrons. The van der Waals surface area contributed by atoms with Crippen LogP contribution in [0.25, 0.3) is 11.0 Å². The molecule has 0 radical (unpaired) electrons. The average Bonchev–Trinajstić information content (AvgIpc) is 2.88. The van der Waals surface area contributed by atoms with E-state index in [1.165, 1.54) is 12.1 Å². The third-order valence-corrected chi connectivity index (χ3v) is 6.33. The number of imide groups is 1. The lowest BCUT2D eigenvalue weighted by molar-refractivity contribution is -0.142. The number of nitrogens with one attached hydrogen (secondary N) is 1. The fraction of sp³-hybridized carbons (Fsp3) is 0.500. The van der Waals surface area contributed by atoms with E-state index in [1.54, 1.807) is 12.1 Å². The number of urea groups is 1. The number of nitrogens with zero attached hydrogens (tertiary/aromatic N) is 1. The first kappa shape index (κ1) is 22.0. The molecule has 0 unspecified atom stereocenters. The molecule has 2 aromatic rings. The second kappa shape index (κ2) is 7.76. The van der Waals surface area contributed by atoms with Crippen molar-refractivity contribution in [2.45, 2.75) is 58.9 Å².